The van der Waals surface area contributed by atoms with Gasteiger partial charge in [-0.25, -0.2) is 10.8 Å². The number of hydrogen-bond acceptors (Lipinski definition) is 6. The number of rotatable bonds is 5. The zero-order chi connectivity index (χ0) is 15.4. The fraction of sp³-hybridized carbons (Fsp3) is 0.214. The highest BCUT2D eigenvalue weighted by molar-refractivity contribution is 5.61. The molecule has 0 unspecified atom stereocenters. The number of anilines is 2. The van der Waals surface area contributed by atoms with E-state index < -0.39 is 4.92 Å². The highest BCUT2D eigenvalue weighted by Crippen LogP contribution is 2.28. The second-order valence-electron chi connectivity index (χ2n) is 4.72. The Morgan fingerprint density at radius 1 is 1.33 bits per heavy atom. The number of aryl methyl sites for hydroxylation is 1. The third-order valence-electron chi connectivity index (χ3n) is 3.23. The topological polar surface area (TPSA) is 97.3 Å². The van der Waals surface area contributed by atoms with Gasteiger partial charge in [0.25, 0.3) is 0 Å². The van der Waals surface area contributed by atoms with Crippen molar-refractivity contribution < 1.29 is 4.92 Å². The first-order valence-electron chi connectivity index (χ1n) is 6.40. The van der Waals surface area contributed by atoms with Gasteiger partial charge in [0, 0.05) is 19.7 Å². The van der Waals surface area contributed by atoms with E-state index in [0.29, 0.717) is 12.4 Å². The lowest BCUT2D eigenvalue weighted by molar-refractivity contribution is -0.384. The number of nitrogens with two attached hydrogens (primary N) is 1. The van der Waals surface area contributed by atoms with E-state index in [2.05, 4.69) is 10.4 Å². The van der Waals surface area contributed by atoms with Crippen molar-refractivity contribution in [1.29, 1.82) is 0 Å². The zero-order valence-electron chi connectivity index (χ0n) is 11.9. The molecule has 7 nitrogen and oxygen atoms in total. The van der Waals surface area contributed by atoms with Crippen LogP contribution in [0.25, 0.3) is 0 Å². The Morgan fingerprint density at radius 2 is 2.05 bits per heavy atom. The minimum atomic E-state index is -0.447. The van der Waals surface area contributed by atoms with E-state index in [4.69, 9.17) is 5.84 Å². The van der Waals surface area contributed by atoms with Gasteiger partial charge in [-0.1, -0.05) is 24.3 Å². The van der Waals surface area contributed by atoms with Crippen molar-refractivity contribution in [3.8, 4) is 0 Å². The Labute approximate surface area is 122 Å². The van der Waals surface area contributed by atoms with Crippen LogP contribution in [0.5, 0.6) is 0 Å². The third kappa shape index (κ3) is 3.26. The van der Waals surface area contributed by atoms with Crippen LogP contribution in [-0.2, 0) is 6.54 Å². The number of nitro groups is 1. The van der Waals surface area contributed by atoms with Gasteiger partial charge in [-0.15, -0.1) is 0 Å². The number of hydrogen-bond donors (Lipinski definition) is 2. The summed E-state index contributed by atoms with van der Waals surface area (Å²) in [6, 6.07) is 10.8. The molecule has 7 heteroatoms. The quantitative estimate of drug-likeness (QED) is 0.497. The van der Waals surface area contributed by atoms with E-state index in [1.54, 1.807) is 11.9 Å². The molecule has 2 aromatic rings. The SMILES string of the molecule is Cc1ccccc1CN(C)c1nc(NN)ccc1[N+](=O)[O-]. The lowest BCUT2D eigenvalue weighted by Crippen LogP contribution is -2.20. The molecule has 1 aromatic carbocycles. The van der Waals surface area contributed by atoms with Gasteiger partial charge in [0.15, 0.2) is 0 Å². The van der Waals surface area contributed by atoms with Gasteiger partial charge in [0.1, 0.15) is 5.82 Å². The van der Waals surface area contributed by atoms with Crippen molar-refractivity contribution in [1.82, 2.24) is 4.98 Å². The van der Waals surface area contributed by atoms with E-state index in [0.717, 1.165) is 11.1 Å². The molecule has 0 aliphatic heterocycles. The minimum Gasteiger partial charge on any atom is -0.350 e. The van der Waals surface area contributed by atoms with Gasteiger partial charge in [0.2, 0.25) is 5.82 Å². The predicted octanol–water partition coefficient (Wildman–Crippen LogP) is 2.22. The molecule has 0 saturated carbocycles. The Bertz CT molecular complexity index is 660. The molecule has 1 heterocycles. The second-order valence-corrected chi connectivity index (χ2v) is 4.72. The van der Waals surface area contributed by atoms with Crippen LogP contribution in [0.15, 0.2) is 36.4 Å². The first-order valence-corrected chi connectivity index (χ1v) is 6.40. The van der Waals surface area contributed by atoms with Crippen LogP contribution in [0, 0.1) is 17.0 Å². The number of nitrogen functional groups attached to an aromatic ring is 1. The molecule has 0 saturated heterocycles. The zero-order valence-corrected chi connectivity index (χ0v) is 11.9. The Hall–Kier alpha value is -2.67. The average molecular weight is 287 g/mol. The van der Waals surface area contributed by atoms with Crippen LogP contribution in [0.3, 0.4) is 0 Å². The summed E-state index contributed by atoms with van der Waals surface area (Å²) in [4.78, 5) is 16.6. The number of pyridine rings is 1. The van der Waals surface area contributed by atoms with Crippen molar-refractivity contribution in [2.45, 2.75) is 13.5 Å². The summed E-state index contributed by atoms with van der Waals surface area (Å²) in [5.74, 6) is 5.98. The largest absolute Gasteiger partial charge is 0.350 e. The third-order valence-corrected chi connectivity index (χ3v) is 3.23. The molecular weight excluding hydrogens is 270 g/mol. The number of nitrogens with one attached hydrogen (secondary N) is 1. The van der Waals surface area contributed by atoms with Gasteiger partial charge >= 0.3 is 5.69 Å². The maximum atomic E-state index is 11.1. The summed E-state index contributed by atoms with van der Waals surface area (Å²) in [6.07, 6.45) is 0. The first-order chi connectivity index (χ1) is 10.0. The van der Waals surface area contributed by atoms with Crippen molar-refractivity contribution in [3.05, 3.63) is 57.6 Å². The number of hydrazine groups is 1. The van der Waals surface area contributed by atoms with Crippen LogP contribution in [0.4, 0.5) is 17.3 Å². The second kappa shape index (κ2) is 6.19. The minimum absolute atomic E-state index is 0.0508. The van der Waals surface area contributed by atoms with Crippen LogP contribution in [0.2, 0.25) is 0 Å². The molecule has 0 amide bonds. The molecule has 21 heavy (non-hydrogen) atoms. The summed E-state index contributed by atoms with van der Waals surface area (Å²) in [5, 5.41) is 11.1. The Morgan fingerprint density at radius 3 is 2.67 bits per heavy atom. The van der Waals surface area contributed by atoms with Crippen molar-refractivity contribution in [3.63, 3.8) is 0 Å². The highest BCUT2D eigenvalue weighted by atomic mass is 16.6. The van der Waals surface area contributed by atoms with Crippen LogP contribution < -0.4 is 16.2 Å². The summed E-state index contributed by atoms with van der Waals surface area (Å²) in [5.41, 5.74) is 4.56. The maximum absolute atomic E-state index is 11.1. The summed E-state index contributed by atoms with van der Waals surface area (Å²) >= 11 is 0. The highest BCUT2D eigenvalue weighted by Gasteiger charge is 2.20. The molecule has 0 atom stereocenters. The standard InChI is InChI=1S/C14H17N5O2/c1-10-5-3-4-6-11(10)9-18(2)14-12(19(20)21)7-8-13(16-14)17-15/h3-8H,9,15H2,1-2H3,(H,16,17). The summed E-state index contributed by atoms with van der Waals surface area (Å²) in [7, 11) is 1.77. The van der Waals surface area contributed by atoms with Gasteiger partial charge in [0.05, 0.1) is 4.92 Å². The molecule has 0 fully saturated rings. The average Bonchev–Trinajstić information content (AvgIpc) is 2.48. The fourth-order valence-corrected chi connectivity index (χ4v) is 2.06. The molecule has 110 valence electrons. The van der Waals surface area contributed by atoms with Gasteiger partial charge in [-0.3, -0.25) is 10.1 Å². The van der Waals surface area contributed by atoms with Gasteiger partial charge in [-0.2, -0.15) is 0 Å². The van der Waals surface area contributed by atoms with Crippen molar-refractivity contribution >= 4 is 17.3 Å². The van der Waals surface area contributed by atoms with Crippen LogP contribution in [-0.4, -0.2) is 17.0 Å². The molecule has 0 radical (unpaired) electrons. The van der Waals surface area contributed by atoms with Gasteiger partial charge < -0.3 is 10.3 Å². The lowest BCUT2D eigenvalue weighted by Gasteiger charge is -2.19. The van der Waals surface area contributed by atoms with E-state index in [-0.39, 0.29) is 11.5 Å². The van der Waals surface area contributed by atoms with Crippen LogP contribution in [0.1, 0.15) is 11.1 Å². The molecule has 0 bridgehead atoms. The summed E-state index contributed by atoms with van der Waals surface area (Å²) in [6.45, 7) is 2.53. The Kier molecular flexibility index (Phi) is 4.34. The molecular formula is C14H17N5O2. The molecule has 0 aliphatic carbocycles. The maximum Gasteiger partial charge on any atom is 0.311 e. The van der Waals surface area contributed by atoms with Gasteiger partial charge in [-0.05, 0) is 24.1 Å². The predicted molar refractivity (Wildman–Crippen MR) is 82.0 cm³/mol. The lowest BCUT2D eigenvalue weighted by atomic mass is 10.1. The number of aromatic nitrogens is 1. The smallest absolute Gasteiger partial charge is 0.311 e. The molecule has 2 rings (SSSR count). The fourth-order valence-electron chi connectivity index (χ4n) is 2.06. The van der Waals surface area contributed by atoms with E-state index in [1.165, 1.54) is 12.1 Å². The first kappa shape index (κ1) is 14.7. The molecule has 0 aliphatic rings. The number of nitrogens with zero attached hydrogens (tertiary/aromatic N) is 3. The van der Waals surface area contributed by atoms with E-state index in [1.807, 2.05) is 31.2 Å². The summed E-state index contributed by atoms with van der Waals surface area (Å²) < 4.78 is 0. The molecule has 3 N–H and O–H groups in total. The number of benzene rings is 1. The van der Waals surface area contributed by atoms with Crippen molar-refractivity contribution in [2.24, 2.45) is 5.84 Å². The normalized spacial score (nSPS) is 10.2. The molecule has 0 spiro atoms. The van der Waals surface area contributed by atoms with Crippen LogP contribution >= 0.6 is 0 Å². The van der Waals surface area contributed by atoms with Crippen molar-refractivity contribution in [2.75, 3.05) is 17.4 Å². The Balaban J connectivity index is 2.35. The molecule has 1 aromatic heterocycles. The van der Waals surface area contributed by atoms with E-state index in [9.17, 15) is 10.1 Å². The monoisotopic (exact) mass is 287 g/mol. The van der Waals surface area contributed by atoms with E-state index >= 15 is 0 Å².